The van der Waals surface area contributed by atoms with Crippen molar-refractivity contribution >= 4 is 22.5 Å². The standard InChI is InChI=1S/C27H23N2O6/c1-32-22-7-6-16-11-21-19-13-24(34-3)23(33-2)12-17(19)8-10-29(21)15-20(16)26(22)35-27(31)25(30)18-5-4-9-28-14-18/h4-7,9,11-15H,8,10H2,1-3H3/q+1. The summed E-state index contributed by atoms with van der Waals surface area (Å²) in [5.74, 6) is 0.107. The number of benzene rings is 2. The maximum atomic E-state index is 12.7. The van der Waals surface area contributed by atoms with E-state index in [-0.39, 0.29) is 11.3 Å². The van der Waals surface area contributed by atoms with Crippen molar-refractivity contribution in [3.8, 4) is 34.3 Å². The van der Waals surface area contributed by atoms with Crippen LogP contribution in [0.25, 0.3) is 22.0 Å². The van der Waals surface area contributed by atoms with E-state index in [2.05, 4.69) is 9.55 Å². The van der Waals surface area contributed by atoms with Gasteiger partial charge in [0.15, 0.2) is 35.7 Å². The minimum atomic E-state index is -1.01. The first-order valence-corrected chi connectivity index (χ1v) is 11.0. The van der Waals surface area contributed by atoms with Gasteiger partial charge in [-0.1, -0.05) is 0 Å². The molecule has 8 heteroatoms. The van der Waals surface area contributed by atoms with Crippen molar-refractivity contribution in [1.82, 2.24) is 4.98 Å². The Morgan fingerprint density at radius 3 is 2.43 bits per heavy atom. The molecule has 0 aliphatic carbocycles. The molecule has 0 saturated carbocycles. The SMILES string of the molecule is COc1cc2c(cc1OC)-c1cc3ccc(OC)c(OC(=O)C(=O)c4cccnc4)c3c[n+]1CC2. The molecule has 0 atom stereocenters. The van der Waals surface area contributed by atoms with E-state index >= 15 is 0 Å². The summed E-state index contributed by atoms with van der Waals surface area (Å²) in [6.45, 7) is 0.715. The fraction of sp³-hybridized carbons (Fsp3) is 0.185. The van der Waals surface area contributed by atoms with Gasteiger partial charge in [0.25, 0.3) is 5.78 Å². The van der Waals surface area contributed by atoms with E-state index in [0.717, 1.165) is 28.6 Å². The third kappa shape index (κ3) is 3.93. The lowest BCUT2D eigenvalue weighted by atomic mass is 9.95. The van der Waals surface area contributed by atoms with Gasteiger partial charge in [0.2, 0.25) is 5.69 Å². The van der Waals surface area contributed by atoms with Gasteiger partial charge in [0.1, 0.15) is 0 Å². The fourth-order valence-corrected chi connectivity index (χ4v) is 4.35. The largest absolute Gasteiger partial charge is 0.493 e. The molecule has 4 aromatic rings. The van der Waals surface area contributed by atoms with Gasteiger partial charge in [-0.25, -0.2) is 4.79 Å². The molecule has 5 rings (SSSR count). The topological polar surface area (TPSA) is 87.8 Å². The molecular weight excluding hydrogens is 448 g/mol. The molecule has 1 aliphatic rings. The Kier molecular flexibility index (Phi) is 5.78. The smallest absolute Gasteiger partial charge is 0.385 e. The predicted octanol–water partition coefficient (Wildman–Crippen LogP) is 3.56. The second kappa shape index (κ2) is 9.06. The van der Waals surface area contributed by atoms with Gasteiger partial charge in [-0.3, -0.25) is 9.78 Å². The van der Waals surface area contributed by atoms with Gasteiger partial charge in [0.05, 0.1) is 32.3 Å². The maximum Gasteiger partial charge on any atom is 0.385 e. The number of ether oxygens (including phenoxy) is 4. The number of hydrogen-bond donors (Lipinski definition) is 0. The number of methoxy groups -OCH3 is 3. The lowest BCUT2D eigenvalue weighted by Gasteiger charge is -2.19. The monoisotopic (exact) mass is 471 g/mol. The summed E-state index contributed by atoms with van der Waals surface area (Å²) in [7, 11) is 4.72. The zero-order chi connectivity index (χ0) is 24.5. The van der Waals surface area contributed by atoms with Crippen molar-refractivity contribution in [3.05, 3.63) is 72.2 Å². The third-order valence-corrected chi connectivity index (χ3v) is 6.11. The van der Waals surface area contributed by atoms with Gasteiger partial charge in [-0.2, -0.15) is 4.57 Å². The molecular formula is C27H23N2O6+. The number of fused-ring (bicyclic) bond motifs is 4. The van der Waals surface area contributed by atoms with Crippen LogP contribution in [0.1, 0.15) is 15.9 Å². The molecule has 35 heavy (non-hydrogen) atoms. The van der Waals surface area contributed by atoms with Crippen LogP contribution in [-0.4, -0.2) is 38.1 Å². The Bertz CT molecular complexity index is 1470. The van der Waals surface area contributed by atoms with Crippen molar-refractivity contribution in [3.63, 3.8) is 0 Å². The van der Waals surface area contributed by atoms with Crippen molar-refractivity contribution < 1.29 is 33.1 Å². The highest BCUT2D eigenvalue weighted by Gasteiger charge is 2.28. The summed E-state index contributed by atoms with van der Waals surface area (Å²) in [6, 6.07) is 12.7. The molecule has 8 nitrogen and oxygen atoms in total. The second-order valence-corrected chi connectivity index (χ2v) is 8.03. The molecule has 0 bridgehead atoms. The van der Waals surface area contributed by atoms with Crippen LogP contribution >= 0.6 is 0 Å². The molecule has 2 aromatic carbocycles. The highest BCUT2D eigenvalue weighted by atomic mass is 16.6. The summed E-state index contributed by atoms with van der Waals surface area (Å²) < 4.78 is 24.1. The number of nitrogens with zero attached hydrogens (tertiary/aromatic N) is 2. The average molecular weight is 471 g/mol. The number of rotatable bonds is 6. The van der Waals surface area contributed by atoms with Crippen LogP contribution in [0.3, 0.4) is 0 Å². The number of esters is 1. The number of carbonyl (C=O) groups is 2. The summed E-state index contributed by atoms with van der Waals surface area (Å²) in [6.07, 6.45) is 5.57. The van der Waals surface area contributed by atoms with E-state index in [4.69, 9.17) is 18.9 Å². The quantitative estimate of drug-likeness (QED) is 0.140. The molecule has 0 saturated heterocycles. The van der Waals surface area contributed by atoms with Gasteiger partial charge in [-0.15, -0.1) is 0 Å². The minimum Gasteiger partial charge on any atom is -0.493 e. The second-order valence-electron chi connectivity index (χ2n) is 8.03. The van der Waals surface area contributed by atoms with Crippen LogP contribution in [0, 0.1) is 0 Å². The number of pyridine rings is 2. The van der Waals surface area contributed by atoms with Gasteiger partial charge in [0, 0.05) is 30.4 Å². The Hall–Kier alpha value is -4.46. The van der Waals surface area contributed by atoms with Gasteiger partial charge < -0.3 is 18.9 Å². The summed E-state index contributed by atoms with van der Waals surface area (Å²) in [5.41, 5.74) is 3.35. The molecule has 0 unspecified atom stereocenters. The number of Topliss-reactive ketones (excluding diaryl/α,β-unsaturated/α-hetero) is 1. The van der Waals surface area contributed by atoms with Crippen LogP contribution in [0.15, 0.2) is 61.1 Å². The van der Waals surface area contributed by atoms with E-state index in [0.29, 0.717) is 29.2 Å². The van der Waals surface area contributed by atoms with Gasteiger partial charge in [-0.05, 0) is 47.3 Å². The molecule has 2 aromatic heterocycles. The van der Waals surface area contributed by atoms with Crippen molar-refractivity contribution in [1.29, 1.82) is 0 Å². The summed E-state index contributed by atoms with van der Waals surface area (Å²) in [5, 5.41) is 1.49. The van der Waals surface area contributed by atoms with E-state index in [9.17, 15) is 9.59 Å². The molecule has 0 spiro atoms. The van der Waals surface area contributed by atoms with Crippen molar-refractivity contribution in [2.24, 2.45) is 0 Å². The van der Waals surface area contributed by atoms with E-state index in [1.165, 1.54) is 25.6 Å². The molecule has 0 radical (unpaired) electrons. The third-order valence-electron chi connectivity index (χ3n) is 6.11. The summed E-state index contributed by atoms with van der Waals surface area (Å²) in [4.78, 5) is 29.2. The maximum absolute atomic E-state index is 12.7. The van der Waals surface area contributed by atoms with Crippen LogP contribution in [-0.2, 0) is 17.8 Å². The number of carbonyl (C=O) groups excluding carboxylic acids is 2. The lowest BCUT2D eigenvalue weighted by molar-refractivity contribution is -0.686. The molecule has 176 valence electrons. The van der Waals surface area contributed by atoms with Crippen molar-refractivity contribution in [2.75, 3.05) is 21.3 Å². The Morgan fingerprint density at radius 2 is 1.71 bits per heavy atom. The zero-order valence-electron chi connectivity index (χ0n) is 19.5. The average Bonchev–Trinajstić information content (AvgIpc) is 2.91. The lowest BCUT2D eigenvalue weighted by Crippen LogP contribution is -2.40. The molecule has 3 heterocycles. The first kappa shape index (κ1) is 22.3. The first-order chi connectivity index (χ1) is 17.0. The van der Waals surface area contributed by atoms with Crippen molar-refractivity contribution in [2.45, 2.75) is 13.0 Å². The normalized spacial score (nSPS) is 11.9. The van der Waals surface area contributed by atoms with Gasteiger partial charge >= 0.3 is 5.97 Å². The molecule has 0 N–H and O–H groups in total. The molecule has 1 aliphatic heterocycles. The number of aryl methyl sites for hydroxylation is 2. The predicted molar refractivity (Wildman–Crippen MR) is 127 cm³/mol. The minimum absolute atomic E-state index is 0.157. The summed E-state index contributed by atoms with van der Waals surface area (Å²) >= 11 is 0. The molecule has 0 fully saturated rings. The van der Waals surface area contributed by atoms with Crippen LogP contribution in [0.5, 0.6) is 23.0 Å². The van der Waals surface area contributed by atoms with Crippen LogP contribution in [0.2, 0.25) is 0 Å². The first-order valence-electron chi connectivity index (χ1n) is 11.0. The number of hydrogen-bond acceptors (Lipinski definition) is 7. The molecule has 0 amide bonds. The van der Waals surface area contributed by atoms with E-state index in [1.54, 1.807) is 26.4 Å². The highest BCUT2D eigenvalue weighted by molar-refractivity contribution is 6.41. The van der Waals surface area contributed by atoms with Crippen LogP contribution < -0.4 is 23.5 Å². The highest BCUT2D eigenvalue weighted by Crippen LogP contribution is 2.40. The Morgan fingerprint density at radius 1 is 0.943 bits per heavy atom. The Balaban J connectivity index is 1.60. The Labute approximate surface area is 201 Å². The van der Waals surface area contributed by atoms with Crippen LogP contribution in [0.4, 0.5) is 0 Å². The fourth-order valence-electron chi connectivity index (χ4n) is 4.35. The van der Waals surface area contributed by atoms with E-state index < -0.39 is 11.8 Å². The number of ketones is 1. The van der Waals surface area contributed by atoms with E-state index in [1.807, 2.05) is 30.5 Å². The zero-order valence-corrected chi connectivity index (χ0v) is 19.5. The number of aromatic nitrogens is 2.